The quantitative estimate of drug-likeness (QED) is 0.0551. The molecular weight excluding hydrogens is 706 g/mol. The molecule has 0 bridgehead atoms. The van der Waals surface area contributed by atoms with Crippen LogP contribution in [0.25, 0.3) is 0 Å². The van der Waals surface area contributed by atoms with Crippen LogP contribution in [0.15, 0.2) is 102 Å². The van der Waals surface area contributed by atoms with Gasteiger partial charge in [-0.15, -0.1) is 6.58 Å². The van der Waals surface area contributed by atoms with Gasteiger partial charge in [-0.1, -0.05) is 60.5 Å². The second-order valence-electron chi connectivity index (χ2n) is 14.3. The second-order valence-corrected chi connectivity index (χ2v) is 14.3. The molecule has 1 heterocycles. The van der Waals surface area contributed by atoms with E-state index >= 15 is 0 Å². The molecule has 1 amide bonds. The summed E-state index contributed by atoms with van der Waals surface area (Å²) in [6, 6.07) is 19.1. The van der Waals surface area contributed by atoms with E-state index in [4.69, 9.17) is 24.2 Å². The number of hydrogen-bond donors (Lipinski definition) is 3. The molecule has 2 aliphatic carbocycles. The summed E-state index contributed by atoms with van der Waals surface area (Å²) in [5.41, 5.74) is 3.06. The summed E-state index contributed by atoms with van der Waals surface area (Å²) in [5.74, 6) is -1.60. The number of aliphatic hydroxyl groups excluding tert-OH is 2. The normalized spacial score (nSPS) is 24.5. The van der Waals surface area contributed by atoms with Crippen LogP contribution in [0, 0.1) is 27.9 Å². The third kappa shape index (κ3) is 8.54. The van der Waals surface area contributed by atoms with Gasteiger partial charge in [0.25, 0.3) is 5.69 Å². The average molecular weight is 756 g/mol. The number of rotatable bonds is 17. The maximum atomic E-state index is 14.1. The Balaban J connectivity index is 1.50. The molecule has 0 radical (unpaired) electrons. The number of aromatic hydroxyl groups is 1. The van der Waals surface area contributed by atoms with E-state index in [2.05, 4.69) is 12.7 Å². The van der Waals surface area contributed by atoms with Crippen LogP contribution in [-0.2, 0) is 16.2 Å². The van der Waals surface area contributed by atoms with Gasteiger partial charge in [0.15, 0.2) is 0 Å². The fraction of sp³-hybridized carbons (Fsp3) is 0.429. The van der Waals surface area contributed by atoms with Gasteiger partial charge in [0.05, 0.1) is 23.2 Å². The van der Waals surface area contributed by atoms with Crippen molar-refractivity contribution in [2.24, 2.45) is 22.9 Å². The Labute approximate surface area is 320 Å². The molecule has 0 saturated heterocycles. The van der Waals surface area contributed by atoms with Crippen molar-refractivity contribution in [1.82, 2.24) is 4.90 Å². The van der Waals surface area contributed by atoms with Crippen LogP contribution in [0.3, 0.4) is 0 Å². The first-order valence-electron chi connectivity index (χ1n) is 18.8. The van der Waals surface area contributed by atoms with Gasteiger partial charge in [0, 0.05) is 50.3 Å². The molecule has 1 aliphatic heterocycles. The van der Waals surface area contributed by atoms with Crippen LogP contribution in [-0.4, -0.2) is 75.6 Å². The Bertz CT molecular complexity index is 1870. The highest BCUT2D eigenvalue weighted by atomic mass is 16.7. The zero-order chi connectivity index (χ0) is 39.0. The molecule has 3 aromatic carbocycles. The standard InChI is InChI=1S/C42H49N3O10/c1-3-23-52-42-38(44(2)41(49)54-32-18-15-30(16-19-32)45(50)51)26-36(43-53-27-28-11-5-4-6-12-28)34-24-29(13-7-9-21-46)33(14-8-10-22-47)39(40(34)42)35-25-31(48)17-20-37(35)55-42/h3-6,11-12,15-20,24-25,29,33,38-40,46-48H,1,7-10,13-14,21-23,26-27H2,2H3/t29-,33+,38-,39+,40+,42+/m0/s1. The number of oxime groups is 1. The Kier molecular flexibility index (Phi) is 12.9. The van der Waals surface area contributed by atoms with Crippen molar-refractivity contribution in [3.05, 3.63) is 118 Å². The van der Waals surface area contributed by atoms with Crippen molar-refractivity contribution in [2.75, 3.05) is 26.9 Å². The summed E-state index contributed by atoms with van der Waals surface area (Å²) in [6.45, 7) is 4.35. The van der Waals surface area contributed by atoms with E-state index in [1.54, 1.807) is 31.3 Å². The highest BCUT2D eigenvalue weighted by molar-refractivity contribution is 6.03. The van der Waals surface area contributed by atoms with Gasteiger partial charge in [-0.05, 0) is 79.0 Å². The molecule has 1 saturated carbocycles. The van der Waals surface area contributed by atoms with Crippen LogP contribution in [0.4, 0.5) is 10.5 Å². The number of nitrogens with zero attached hydrogens (tertiary/aromatic N) is 3. The van der Waals surface area contributed by atoms with Gasteiger partial charge in [-0.3, -0.25) is 10.1 Å². The van der Waals surface area contributed by atoms with E-state index < -0.39 is 28.8 Å². The topological polar surface area (TPSA) is 173 Å². The summed E-state index contributed by atoms with van der Waals surface area (Å²) in [5, 5.41) is 46.4. The number of nitro benzene ring substituents is 1. The van der Waals surface area contributed by atoms with E-state index in [1.807, 2.05) is 30.3 Å². The van der Waals surface area contributed by atoms with Gasteiger partial charge in [-0.25, -0.2) is 4.79 Å². The van der Waals surface area contributed by atoms with E-state index in [9.17, 15) is 30.2 Å². The number of fused-ring (bicyclic) bond motifs is 2. The van der Waals surface area contributed by atoms with Crippen LogP contribution in [0.2, 0.25) is 0 Å². The molecule has 3 aromatic rings. The van der Waals surface area contributed by atoms with Crippen LogP contribution in [0.5, 0.6) is 17.2 Å². The first-order chi connectivity index (χ1) is 26.7. The minimum absolute atomic E-state index is 0.00208. The number of phenols is 1. The number of carbonyl (C=O) groups is 1. The molecule has 3 N–H and O–H groups in total. The predicted molar refractivity (Wildman–Crippen MR) is 205 cm³/mol. The lowest BCUT2D eigenvalue weighted by Crippen LogP contribution is -2.69. The number of benzene rings is 3. The Morgan fingerprint density at radius 2 is 1.78 bits per heavy atom. The first-order valence-corrected chi connectivity index (χ1v) is 18.8. The molecular formula is C42H49N3O10. The van der Waals surface area contributed by atoms with E-state index in [0.717, 1.165) is 42.4 Å². The van der Waals surface area contributed by atoms with E-state index in [1.165, 1.54) is 29.2 Å². The lowest BCUT2D eigenvalue weighted by molar-refractivity contribution is -0.384. The molecule has 13 heteroatoms. The SMILES string of the molecule is C=CCO[C@@]12Oc3ccc(O)cc3[C@H]3[C@H](CCCCO)[C@@H](CCCCO)C=C(C(=NOCc4ccccc4)C[C@@H]1N(C)C(=O)Oc1ccc([N+](=O)[O-])cc1)[C@H]32. The van der Waals surface area contributed by atoms with Gasteiger partial charge >= 0.3 is 6.09 Å². The van der Waals surface area contributed by atoms with Crippen LogP contribution in [0.1, 0.15) is 62.0 Å². The average Bonchev–Trinajstić information content (AvgIpc) is 3.19. The van der Waals surface area contributed by atoms with Crippen molar-refractivity contribution >= 4 is 17.5 Å². The number of carbonyl (C=O) groups excluding carboxylic acids is 1. The maximum absolute atomic E-state index is 14.1. The highest BCUT2D eigenvalue weighted by Gasteiger charge is 2.65. The predicted octanol–water partition coefficient (Wildman–Crippen LogP) is 7.27. The zero-order valence-corrected chi connectivity index (χ0v) is 31.0. The van der Waals surface area contributed by atoms with Crippen molar-refractivity contribution < 1.29 is 44.1 Å². The fourth-order valence-electron chi connectivity index (χ4n) is 8.43. The smallest absolute Gasteiger partial charge is 0.415 e. The first kappa shape index (κ1) is 39.5. The van der Waals surface area contributed by atoms with Crippen LogP contribution < -0.4 is 9.47 Å². The minimum Gasteiger partial charge on any atom is -0.508 e. The van der Waals surface area contributed by atoms with Gasteiger partial charge < -0.3 is 39.3 Å². The third-order valence-electron chi connectivity index (χ3n) is 10.9. The van der Waals surface area contributed by atoms with Gasteiger partial charge in [0.1, 0.15) is 29.9 Å². The molecule has 6 atom stereocenters. The number of hydrogen-bond acceptors (Lipinski definition) is 11. The number of allylic oxidation sites excluding steroid dienone is 1. The molecule has 0 spiro atoms. The van der Waals surface area contributed by atoms with Crippen molar-refractivity contribution in [3.8, 4) is 17.2 Å². The third-order valence-corrected chi connectivity index (χ3v) is 10.9. The minimum atomic E-state index is -1.50. The number of phenolic OH excluding ortho intramolecular Hbond substituents is 1. The zero-order valence-electron chi connectivity index (χ0n) is 31.0. The van der Waals surface area contributed by atoms with Gasteiger partial charge in [-0.2, -0.15) is 0 Å². The number of likely N-dealkylation sites (N-methyl/N-ethyl adjacent to an activating group) is 1. The lowest BCUT2D eigenvalue weighted by Gasteiger charge is -2.59. The number of ether oxygens (including phenoxy) is 3. The second kappa shape index (κ2) is 17.9. The number of nitro groups is 1. The molecule has 3 aliphatic rings. The van der Waals surface area contributed by atoms with Gasteiger partial charge in [0.2, 0.25) is 5.79 Å². The van der Waals surface area contributed by atoms with Crippen molar-refractivity contribution in [3.63, 3.8) is 0 Å². The summed E-state index contributed by atoms with van der Waals surface area (Å²) in [6.07, 6.45) is 7.62. The Morgan fingerprint density at radius 1 is 1.05 bits per heavy atom. The number of aliphatic hydroxyl groups is 2. The molecule has 0 unspecified atom stereocenters. The Morgan fingerprint density at radius 3 is 2.47 bits per heavy atom. The summed E-state index contributed by atoms with van der Waals surface area (Å²) in [4.78, 5) is 32.3. The molecule has 13 nitrogen and oxygen atoms in total. The number of unbranched alkanes of at least 4 members (excludes halogenated alkanes) is 2. The molecule has 6 rings (SSSR count). The van der Waals surface area contributed by atoms with Crippen molar-refractivity contribution in [1.29, 1.82) is 0 Å². The Hall–Kier alpha value is -5.24. The monoisotopic (exact) mass is 755 g/mol. The van der Waals surface area contributed by atoms with Crippen LogP contribution >= 0.6 is 0 Å². The summed E-state index contributed by atoms with van der Waals surface area (Å²) < 4.78 is 19.6. The lowest BCUT2D eigenvalue weighted by atomic mass is 9.55. The van der Waals surface area contributed by atoms with E-state index in [0.29, 0.717) is 24.3 Å². The molecule has 292 valence electrons. The highest BCUT2D eigenvalue weighted by Crippen LogP contribution is 2.61. The molecule has 0 aromatic heterocycles. The fourth-order valence-corrected chi connectivity index (χ4v) is 8.43. The van der Waals surface area contributed by atoms with E-state index in [-0.39, 0.29) is 67.8 Å². The number of non-ortho nitro benzene ring substituents is 1. The maximum Gasteiger partial charge on any atom is 0.415 e. The molecule has 55 heavy (non-hydrogen) atoms. The summed E-state index contributed by atoms with van der Waals surface area (Å²) >= 11 is 0. The largest absolute Gasteiger partial charge is 0.508 e. The number of amides is 1. The van der Waals surface area contributed by atoms with Crippen molar-refractivity contribution in [2.45, 2.75) is 69.3 Å². The summed E-state index contributed by atoms with van der Waals surface area (Å²) in [7, 11) is 1.60. The molecule has 1 fully saturated rings.